The third kappa shape index (κ3) is 5.35. The number of nitriles is 1. The lowest BCUT2D eigenvalue weighted by atomic mass is 9.75. The monoisotopic (exact) mass is 594 g/mol. The Morgan fingerprint density at radius 3 is 2.64 bits per heavy atom. The lowest BCUT2D eigenvalue weighted by Gasteiger charge is -2.43. The third-order valence-electron chi connectivity index (χ3n) is 7.44. The average molecular weight is 595 g/mol. The minimum atomic E-state index is -2.92. The van der Waals surface area contributed by atoms with Gasteiger partial charge in [0.2, 0.25) is 17.8 Å². The molecule has 13 heteroatoms. The highest BCUT2D eigenvalue weighted by atomic mass is 35.5. The zero-order chi connectivity index (χ0) is 30.1. The molecule has 2 aliphatic rings. The maximum Gasteiger partial charge on any atom is 0.252 e. The largest absolute Gasteiger partial charge is 0.497 e. The normalized spacial score (nSPS) is 20.3. The Balaban J connectivity index is 1.69. The van der Waals surface area contributed by atoms with Crippen molar-refractivity contribution in [2.24, 2.45) is 0 Å². The second-order valence-corrected chi connectivity index (χ2v) is 10.5. The van der Waals surface area contributed by atoms with Crippen molar-refractivity contribution in [1.29, 1.82) is 5.26 Å². The van der Waals surface area contributed by atoms with Gasteiger partial charge in [-0.2, -0.15) is 5.26 Å². The van der Waals surface area contributed by atoms with Crippen LogP contribution in [0.15, 0.2) is 60.8 Å². The number of benzene rings is 2. The lowest BCUT2D eigenvalue weighted by molar-refractivity contribution is -0.136. The van der Waals surface area contributed by atoms with Crippen LogP contribution in [0.5, 0.6) is 5.75 Å². The van der Waals surface area contributed by atoms with Crippen molar-refractivity contribution in [2.75, 3.05) is 17.3 Å². The molecule has 0 radical (unpaired) electrons. The van der Waals surface area contributed by atoms with Gasteiger partial charge in [0, 0.05) is 48.3 Å². The number of ether oxygens (including phenoxy) is 1. The van der Waals surface area contributed by atoms with Crippen molar-refractivity contribution in [1.82, 2.24) is 15.3 Å². The van der Waals surface area contributed by atoms with Gasteiger partial charge in [-0.3, -0.25) is 19.3 Å². The molecule has 0 spiro atoms. The Morgan fingerprint density at radius 1 is 1.19 bits per heavy atom. The van der Waals surface area contributed by atoms with E-state index in [1.165, 1.54) is 31.5 Å². The van der Waals surface area contributed by atoms with E-state index >= 15 is 0 Å². The van der Waals surface area contributed by atoms with Gasteiger partial charge in [-0.1, -0.05) is 35.9 Å². The van der Waals surface area contributed by atoms with Crippen LogP contribution in [0.4, 0.5) is 20.4 Å². The van der Waals surface area contributed by atoms with Gasteiger partial charge in [-0.15, -0.1) is 0 Å². The molecule has 5 rings (SSSR count). The number of rotatable bonds is 8. The first kappa shape index (κ1) is 28.9. The molecule has 1 saturated heterocycles. The van der Waals surface area contributed by atoms with Crippen molar-refractivity contribution >= 4 is 41.0 Å². The SMILES string of the molecule is COc1cccc(NC(=O)C2([C@@H](C(=O)NC3CC(F)(F)C3)c3ccccc3Cl)CCC(=O)N2c2nccc(C#N)n2)c1. The number of nitrogens with one attached hydrogen (secondary N) is 2. The summed E-state index contributed by atoms with van der Waals surface area (Å²) in [6.45, 7) is 0. The Bertz CT molecular complexity index is 1590. The van der Waals surface area contributed by atoms with E-state index in [1.807, 2.05) is 6.07 Å². The molecule has 0 bridgehead atoms. The maximum absolute atomic E-state index is 14.5. The third-order valence-corrected chi connectivity index (χ3v) is 7.78. The van der Waals surface area contributed by atoms with E-state index in [0.717, 1.165) is 4.90 Å². The van der Waals surface area contributed by atoms with Crippen LogP contribution < -0.4 is 20.3 Å². The fraction of sp³-hybridized carbons (Fsp3) is 0.310. The minimum absolute atomic E-state index is 0.0720. The Morgan fingerprint density at radius 2 is 1.95 bits per heavy atom. The molecule has 3 amide bonds. The molecule has 1 aliphatic heterocycles. The van der Waals surface area contributed by atoms with Gasteiger partial charge in [0.1, 0.15) is 23.1 Å². The number of halogens is 3. The predicted octanol–water partition coefficient (Wildman–Crippen LogP) is 4.21. The molecule has 3 aromatic rings. The summed E-state index contributed by atoms with van der Waals surface area (Å²) in [5.41, 5.74) is -1.59. The highest BCUT2D eigenvalue weighted by molar-refractivity contribution is 6.32. The molecule has 2 atom stereocenters. The van der Waals surface area contributed by atoms with Gasteiger partial charge in [0.25, 0.3) is 11.8 Å². The van der Waals surface area contributed by atoms with Crippen LogP contribution >= 0.6 is 11.6 Å². The topological polar surface area (TPSA) is 137 Å². The van der Waals surface area contributed by atoms with Crippen LogP contribution in [0.2, 0.25) is 5.02 Å². The number of alkyl halides is 2. The van der Waals surface area contributed by atoms with E-state index in [1.54, 1.807) is 36.4 Å². The molecule has 1 saturated carbocycles. The average Bonchev–Trinajstić information content (AvgIpc) is 3.30. The first-order valence-electron chi connectivity index (χ1n) is 13.0. The van der Waals surface area contributed by atoms with Gasteiger partial charge in [-0.05, 0) is 36.2 Å². The summed E-state index contributed by atoms with van der Waals surface area (Å²) in [6, 6.07) is 15.1. The molecule has 216 valence electrons. The van der Waals surface area contributed by atoms with Crippen molar-refractivity contribution in [3.63, 3.8) is 0 Å². The smallest absolute Gasteiger partial charge is 0.252 e. The summed E-state index contributed by atoms with van der Waals surface area (Å²) in [5, 5.41) is 15.0. The van der Waals surface area contributed by atoms with Gasteiger partial charge < -0.3 is 15.4 Å². The molecule has 10 nitrogen and oxygen atoms in total. The zero-order valence-corrected chi connectivity index (χ0v) is 23.1. The Kier molecular flexibility index (Phi) is 7.79. The summed E-state index contributed by atoms with van der Waals surface area (Å²) in [6.07, 6.45) is -0.217. The molecular weight excluding hydrogens is 570 g/mol. The van der Waals surface area contributed by atoms with Gasteiger partial charge in [-0.25, -0.2) is 18.7 Å². The van der Waals surface area contributed by atoms with E-state index < -0.39 is 54.0 Å². The number of nitrogens with zero attached hydrogens (tertiary/aromatic N) is 4. The number of carbonyl (C=O) groups is 3. The second-order valence-electron chi connectivity index (χ2n) is 10.1. The molecule has 1 aromatic heterocycles. The number of carbonyl (C=O) groups excluding carboxylic acids is 3. The van der Waals surface area contributed by atoms with Crippen molar-refractivity contribution in [2.45, 2.75) is 49.1 Å². The summed E-state index contributed by atoms with van der Waals surface area (Å²) in [4.78, 5) is 51.6. The Labute approximate surface area is 244 Å². The van der Waals surface area contributed by atoms with E-state index in [0.29, 0.717) is 11.4 Å². The van der Waals surface area contributed by atoms with E-state index in [2.05, 4.69) is 20.6 Å². The zero-order valence-electron chi connectivity index (χ0n) is 22.3. The molecule has 42 heavy (non-hydrogen) atoms. The van der Waals surface area contributed by atoms with Crippen LogP contribution in [0.3, 0.4) is 0 Å². The van der Waals surface area contributed by atoms with Crippen molar-refractivity contribution < 1.29 is 27.9 Å². The fourth-order valence-corrected chi connectivity index (χ4v) is 5.73. The van der Waals surface area contributed by atoms with E-state index in [9.17, 15) is 28.4 Å². The highest BCUT2D eigenvalue weighted by Crippen LogP contribution is 2.47. The number of aromatic nitrogens is 2. The fourth-order valence-electron chi connectivity index (χ4n) is 5.48. The van der Waals surface area contributed by atoms with Crippen molar-refractivity contribution in [3.8, 4) is 11.8 Å². The molecule has 2 heterocycles. The van der Waals surface area contributed by atoms with Gasteiger partial charge >= 0.3 is 0 Å². The highest BCUT2D eigenvalue weighted by Gasteiger charge is 2.61. The van der Waals surface area contributed by atoms with E-state index in [-0.39, 0.29) is 35.1 Å². The molecule has 1 unspecified atom stereocenters. The first-order valence-corrected chi connectivity index (χ1v) is 13.4. The van der Waals surface area contributed by atoms with Crippen LogP contribution in [-0.4, -0.2) is 52.3 Å². The van der Waals surface area contributed by atoms with Crippen LogP contribution in [0, 0.1) is 11.3 Å². The number of hydrogen-bond donors (Lipinski definition) is 2. The standard InChI is InChI=1S/C29H25ClF2N6O4/c1-42-20-6-4-5-17(13-20)36-26(41)29(11-9-23(39)38(29)27-34-12-10-18(16-33)37-27)24(21-7-2-3-8-22(21)30)25(40)35-19-14-28(31,32)15-19/h2-8,10,12-13,19,24H,9,11,14-15H2,1H3,(H,35,40)(H,36,41)/t24-,29?/m1/s1. The summed E-state index contributed by atoms with van der Waals surface area (Å²) < 4.78 is 32.7. The van der Waals surface area contributed by atoms with Crippen LogP contribution in [0.25, 0.3) is 0 Å². The minimum Gasteiger partial charge on any atom is -0.497 e. The molecule has 2 N–H and O–H groups in total. The Hall–Kier alpha value is -4.63. The predicted molar refractivity (Wildman–Crippen MR) is 148 cm³/mol. The number of anilines is 2. The number of hydrogen-bond acceptors (Lipinski definition) is 7. The molecule has 1 aliphatic carbocycles. The summed E-state index contributed by atoms with van der Waals surface area (Å²) in [5.74, 6) is -6.35. The molecule has 2 fully saturated rings. The van der Waals surface area contributed by atoms with Gasteiger partial charge in [0.05, 0.1) is 13.0 Å². The summed E-state index contributed by atoms with van der Waals surface area (Å²) in [7, 11) is 1.46. The van der Waals surface area contributed by atoms with Crippen LogP contribution in [-0.2, 0) is 14.4 Å². The summed E-state index contributed by atoms with van der Waals surface area (Å²) >= 11 is 6.59. The molecular formula is C29H25ClF2N6O4. The molecule has 2 aromatic carbocycles. The first-order chi connectivity index (χ1) is 20.1. The second kappa shape index (κ2) is 11.3. The number of amides is 3. The van der Waals surface area contributed by atoms with Gasteiger partial charge in [0.15, 0.2) is 0 Å². The quantitative estimate of drug-likeness (QED) is 0.398. The van der Waals surface area contributed by atoms with Crippen molar-refractivity contribution in [3.05, 3.63) is 77.1 Å². The number of methoxy groups -OCH3 is 1. The van der Waals surface area contributed by atoms with E-state index in [4.69, 9.17) is 16.3 Å². The maximum atomic E-state index is 14.5. The van der Waals surface area contributed by atoms with Crippen LogP contribution in [0.1, 0.15) is 42.9 Å². The lowest BCUT2D eigenvalue weighted by Crippen LogP contribution is -2.63.